The summed E-state index contributed by atoms with van der Waals surface area (Å²) >= 11 is 0. The number of hydrogen-bond donors (Lipinski definition) is 1. The van der Waals surface area contributed by atoms with Crippen molar-refractivity contribution in [1.82, 2.24) is 5.32 Å². The summed E-state index contributed by atoms with van der Waals surface area (Å²) < 4.78 is 4.98. The highest BCUT2D eigenvalue weighted by Crippen LogP contribution is 2.27. The van der Waals surface area contributed by atoms with Crippen LogP contribution in [0.3, 0.4) is 0 Å². The van der Waals surface area contributed by atoms with E-state index in [1.54, 1.807) is 6.92 Å². The topological polar surface area (TPSA) is 63.0 Å². The van der Waals surface area contributed by atoms with E-state index in [1.165, 1.54) is 11.1 Å². The maximum atomic E-state index is 11.8. The number of carbonyl (C=O) groups excluding carboxylic acids is 1. The second kappa shape index (κ2) is 10.0. The van der Waals surface area contributed by atoms with Crippen molar-refractivity contribution in [2.24, 2.45) is 10.2 Å². The van der Waals surface area contributed by atoms with Gasteiger partial charge in [0, 0.05) is 0 Å². The van der Waals surface area contributed by atoms with Crippen molar-refractivity contribution in [3.63, 3.8) is 0 Å². The maximum absolute atomic E-state index is 11.8. The van der Waals surface area contributed by atoms with Gasteiger partial charge in [-0.2, -0.15) is 10.2 Å². The molecule has 0 aliphatic carbocycles. The predicted molar refractivity (Wildman–Crippen MR) is 116 cm³/mol. The van der Waals surface area contributed by atoms with Crippen LogP contribution in [0.4, 0.5) is 4.79 Å². The third-order valence-electron chi connectivity index (χ3n) is 5.38. The van der Waals surface area contributed by atoms with E-state index in [0.29, 0.717) is 13.0 Å². The number of ether oxygens (including phenoxy) is 1. The minimum Gasteiger partial charge on any atom is -0.450 e. The van der Waals surface area contributed by atoms with Crippen LogP contribution in [0, 0.1) is 0 Å². The number of carbonyl (C=O) groups is 1. The lowest BCUT2D eigenvalue weighted by atomic mass is 9.85. The van der Waals surface area contributed by atoms with E-state index in [1.807, 2.05) is 13.8 Å². The molecule has 2 atom stereocenters. The molecule has 0 aliphatic rings. The number of nitrogens with one attached hydrogen (secondary N) is 1. The lowest BCUT2D eigenvalue weighted by Gasteiger charge is -2.27. The molecular formula is C23H39N3O2. The molecule has 2 unspecified atom stereocenters. The molecule has 5 nitrogen and oxygen atoms in total. The number of nitrogens with zero attached hydrogens (tertiary/aromatic N) is 2. The van der Waals surface area contributed by atoms with Gasteiger partial charge in [0.15, 0.2) is 5.66 Å². The zero-order chi connectivity index (χ0) is 21.4. The number of azo groups is 1. The molecule has 0 aliphatic heterocycles. The normalized spacial score (nSPS) is 16.4. The van der Waals surface area contributed by atoms with Gasteiger partial charge < -0.3 is 4.74 Å². The SMILES string of the molecule is CCOC(=O)NC(C)(CC)/N=N/C(C)(CC)CCc1ccc(C(C)(C)C)cc1. The molecule has 1 aromatic rings. The number of alkyl carbamates (subject to hydrolysis) is 1. The molecule has 0 saturated heterocycles. The van der Waals surface area contributed by atoms with Gasteiger partial charge >= 0.3 is 6.09 Å². The second-order valence-electron chi connectivity index (χ2n) is 8.97. The Morgan fingerprint density at radius 2 is 1.57 bits per heavy atom. The van der Waals surface area contributed by atoms with E-state index in [4.69, 9.17) is 4.74 Å². The molecule has 0 aromatic heterocycles. The van der Waals surface area contributed by atoms with Gasteiger partial charge in [-0.25, -0.2) is 4.79 Å². The van der Waals surface area contributed by atoms with Crippen LogP contribution < -0.4 is 5.32 Å². The summed E-state index contributed by atoms with van der Waals surface area (Å²) in [4.78, 5) is 11.8. The Bertz CT molecular complexity index is 649. The van der Waals surface area contributed by atoms with Gasteiger partial charge in [-0.3, -0.25) is 5.32 Å². The minimum absolute atomic E-state index is 0.168. The van der Waals surface area contributed by atoms with Gasteiger partial charge in [-0.05, 0) is 63.0 Å². The monoisotopic (exact) mass is 389 g/mol. The highest BCUT2D eigenvalue weighted by molar-refractivity contribution is 5.68. The first-order chi connectivity index (χ1) is 13.0. The molecule has 5 heteroatoms. The van der Waals surface area contributed by atoms with Crippen LogP contribution in [0.1, 0.15) is 85.8 Å². The number of aryl methyl sites for hydroxylation is 1. The number of benzene rings is 1. The van der Waals surface area contributed by atoms with Crippen LogP contribution >= 0.6 is 0 Å². The Labute approximate surface area is 171 Å². The molecule has 0 saturated carbocycles. The Morgan fingerprint density at radius 3 is 2.04 bits per heavy atom. The summed E-state index contributed by atoms with van der Waals surface area (Å²) in [6.07, 6.45) is 2.92. The van der Waals surface area contributed by atoms with Crippen LogP contribution in [0.2, 0.25) is 0 Å². The standard InChI is InChI=1S/C23H39N3O2/c1-9-22(7,25-26-23(8,10-2)24-20(27)28-11-3)17-16-18-12-14-19(15-13-18)21(4,5)6/h12-15H,9-11,16-17H2,1-8H3,(H,24,27)/b26-25+. The molecule has 28 heavy (non-hydrogen) atoms. The van der Waals surface area contributed by atoms with E-state index < -0.39 is 11.8 Å². The molecule has 1 rings (SSSR count). The van der Waals surface area contributed by atoms with Gasteiger partial charge in [-0.1, -0.05) is 58.9 Å². The summed E-state index contributed by atoms with van der Waals surface area (Å²) in [5.74, 6) is 0. The third-order valence-corrected chi connectivity index (χ3v) is 5.38. The van der Waals surface area contributed by atoms with Crippen molar-refractivity contribution in [2.75, 3.05) is 6.61 Å². The van der Waals surface area contributed by atoms with Gasteiger partial charge in [-0.15, -0.1) is 0 Å². The van der Waals surface area contributed by atoms with Crippen molar-refractivity contribution in [1.29, 1.82) is 0 Å². The van der Waals surface area contributed by atoms with Crippen LogP contribution in [-0.2, 0) is 16.6 Å². The van der Waals surface area contributed by atoms with Gasteiger partial charge in [0.05, 0.1) is 12.1 Å². The fourth-order valence-electron chi connectivity index (χ4n) is 2.68. The lowest BCUT2D eigenvalue weighted by Crippen LogP contribution is -2.44. The van der Waals surface area contributed by atoms with Crippen molar-refractivity contribution < 1.29 is 9.53 Å². The van der Waals surface area contributed by atoms with Crippen molar-refractivity contribution >= 4 is 6.09 Å². The van der Waals surface area contributed by atoms with Crippen LogP contribution in [0.5, 0.6) is 0 Å². The molecule has 1 N–H and O–H groups in total. The van der Waals surface area contributed by atoms with Gasteiger partial charge in [0.25, 0.3) is 0 Å². The number of rotatable bonds is 9. The van der Waals surface area contributed by atoms with E-state index in [2.05, 4.69) is 74.4 Å². The number of amides is 1. The first-order valence-electron chi connectivity index (χ1n) is 10.5. The molecule has 0 radical (unpaired) electrons. The average Bonchev–Trinajstić information content (AvgIpc) is 2.64. The molecule has 1 amide bonds. The number of hydrogen-bond acceptors (Lipinski definition) is 4. The van der Waals surface area contributed by atoms with Crippen molar-refractivity contribution in [3.05, 3.63) is 35.4 Å². The fourth-order valence-corrected chi connectivity index (χ4v) is 2.68. The van der Waals surface area contributed by atoms with Crippen LogP contribution in [0.25, 0.3) is 0 Å². The first kappa shape index (κ1) is 24.1. The molecule has 0 spiro atoms. The van der Waals surface area contributed by atoms with Gasteiger partial charge in [0.2, 0.25) is 0 Å². The summed E-state index contributed by atoms with van der Waals surface area (Å²) in [6, 6.07) is 8.87. The molecule has 0 bridgehead atoms. The average molecular weight is 390 g/mol. The molecule has 0 fully saturated rings. The quantitative estimate of drug-likeness (QED) is 0.496. The van der Waals surface area contributed by atoms with Crippen molar-refractivity contribution in [3.8, 4) is 0 Å². The molecule has 0 heterocycles. The van der Waals surface area contributed by atoms with Gasteiger partial charge in [0.1, 0.15) is 0 Å². The maximum Gasteiger partial charge on any atom is 0.409 e. The Morgan fingerprint density at radius 1 is 0.964 bits per heavy atom. The largest absolute Gasteiger partial charge is 0.450 e. The first-order valence-corrected chi connectivity index (χ1v) is 10.5. The Kier molecular flexibility index (Phi) is 8.65. The predicted octanol–water partition coefficient (Wildman–Crippen LogP) is 6.41. The van der Waals surface area contributed by atoms with E-state index in [0.717, 1.165) is 19.3 Å². The van der Waals surface area contributed by atoms with Crippen LogP contribution in [-0.4, -0.2) is 23.9 Å². The summed E-state index contributed by atoms with van der Waals surface area (Å²) in [6.45, 7) is 16.9. The Balaban J connectivity index is 2.80. The van der Waals surface area contributed by atoms with E-state index >= 15 is 0 Å². The smallest absolute Gasteiger partial charge is 0.409 e. The zero-order valence-corrected chi connectivity index (χ0v) is 19.1. The second-order valence-corrected chi connectivity index (χ2v) is 8.97. The minimum atomic E-state index is -0.753. The molecule has 158 valence electrons. The Hall–Kier alpha value is -1.91. The van der Waals surface area contributed by atoms with E-state index in [9.17, 15) is 4.79 Å². The summed E-state index contributed by atoms with van der Waals surface area (Å²) in [7, 11) is 0. The fraction of sp³-hybridized carbons (Fsp3) is 0.696. The zero-order valence-electron chi connectivity index (χ0n) is 19.1. The van der Waals surface area contributed by atoms with E-state index in [-0.39, 0.29) is 11.0 Å². The molecular weight excluding hydrogens is 350 g/mol. The summed E-state index contributed by atoms with van der Waals surface area (Å²) in [5, 5.41) is 12.0. The highest BCUT2D eigenvalue weighted by Gasteiger charge is 2.28. The molecule has 1 aromatic carbocycles. The highest BCUT2D eigenvalue weighted by atomic mass is 16.5. The lowest BCUT2D eigenvalue weighted by molar-refractivity contribution is 0.138. The summed E-state index contributed by atoms with van der Waals surface area (Å²) in [5.41, 5.74) is 1.80. The van der Waals surface area contributed by atoms with Crippen molar-refractivity contribution in [2.45, 2.75) is 97.7 Å². The third kappa shape index (κ3) is 7.61. The van der Waals surface area contributed by atoms with Crippen LogP contribution in [0.15, 0.2) is 34.5 Å².